The summed E-state index contributed by atoms with van der Waals surface area (Å²) in [4.78, 5) is 11.0. The van der Waals surface area contributed by atoms with Gasteiger partial charge in [0.05, 0.1) is 0 Å². The third-order valence-electron chi connectivity index (χ3n) is 4.12. The third kappa shape index (κ3) is 2.44. The van der Waals surface area contributed by atoms with Crippen LogP contribution in [0.5, 0.6) is 0 Å². The van der Waals surface area contributed by atoms with Crippen LogP contribution in [0.3, 0.4) is 0 Å². The molecule has 3 heteroatoms. The van der Waals surface area contributed by atoms with Gasteiger partial charge in [-0.05, 0) is 24.1 Å². The largest absolute Gasteiger partial charge is 0.367 e. The molecule has 1 aliphatic rings. The number of hydrogen-bond acceptors (Lipinski definition) is 3. The van der Waals surface area contributed by atoms with Gasteiger partial charge in [-0.2, -0.15) is 0 Å². The van der Waals surface area contributed by atoms with E-state index in [9.17, 15) is 0 Å². The molecule has 0 amide bonds. The highest BCUT2D eigenvalue weighted by Crippen LogP contribution is 2.42. The number of fused-ring (bicyclic) bond motifs is 1. The van der Waals surface area contributed by atoms with Crippen molar-refractivity contribution in [3.8, 4) is 11.1 Å². The molecule has 0 N–H and O–H groups in total. The Hall–Kier alpha value is -2.16. The van der Waals surface area contributed by atoms with Crippen LogP contribution in [0, 0.1) is 6.92 Å². The zero-order valence-corrected chi connectivity index (χ0v) is 12.9. The molecular formula is C18H21N3. The first-order valence-corrected chi connectivity index (χ1v) is 7.31. The van der Waals surface area contributed by atoms with E-state index >= 15 is 0 Å². The Balaban J connectivity index is 2.06. The number of anilines is 1. The Morgan fingerprint density at radius 1 is 1.24 bits per heavy atom. The smallest absolute Gasteiger partial charge is 0.125 e. The van der Waals surface area contributed by atoms with Gasteiger partial charge in [0.25, 0.3) is 0 Å². The molecule has 0 fully saturated rings. The molecule has 0 saturated carbocycles. The highest BCUT2D eigenvalue weighted by molar-refractivity contribution is 5.73. The Bertz CT molecular complexity index is 671. The first-order valence-electron chi connectivity index (χ1n) is 7.31. The van der Waals surface area contributed by atoms with Crippen LogP contribution in [0.15, 0.2) is 43.2 Å². The van der Waals surface area contributed by atoms with Gasteiger partial charge in [-0.3, -0.25) is 0 Å². The molecule has 1 aromatic heterocycles. The van der Waals surface area contributed by atoms with E-state index in [0.717, 1.165) is 24.5 Å². The molecule has 108 valence electrons. The van der Waals surface area contributed by atoms with Crippen LogP contribution in [0.2, 0.25) is 0 Å². The second kappa shape index (κ2) is 4.99. The van der Waals surface area contributed by atoms with Gasteiger partial charge < -0.3 is 4.90 Å². The molecule has 1 aromatic carbocycles. The zero-order chi connectivity index (χ0) is 15.0. The minimum atomic E-state index is 0.181. The van der Waals surface area contributed by atoms with Crippen LogP contribution in [0.25, 0.3) is 11.1 Å². The van der Waals surface area contributed by atoms with E-state index in [0.29, 0.717) is 0 Å². The minimum absolute atomic E-state index is 0.181. The van der Waals surface area contributed by atoms with Gasteiger partial charge in [0.15, 0.2) is 0 Å². The van der Waals surface area contributed by atoms with Gasteiger partial charge in [0, 0.05) is 42.1 Å². The lowest BCUT2D eigenvalue weighted by Crippen LogP contribution is -2.28. The average molecular weight is 279 g/mol. The summed E-state index contributed by atoms with van der Waals surface area (Å²) >= 11 is 0. The van der Waals surface area contributed by atoms with Crippen LogP contribution in [-0.4, -0.2) is 23.1 Å². The van der Waals surface area contributed by atoms with E-state index in [1.807, 2.05) is 25.4 Å². The molecule has 3 nitrogen and oxygen atoms in total. The molecule has 1 aliphatic heterocycles. The van der Waals surface area contributed by atoms with Crippen molar-refractivity contribution in [3.63, 3.8) is 0 Å². The molecule has 2 aromatic rings. The highest BCUT2D eigenvalue weighted by Gasteiger charge is 2.34. The fourth-order valence-electron chi connectivity index (χ4n) is 3.05. The summed E-state index contributed by atoms with van der Waals surface area (Å²) in [6.45, 7) is 12.3. The number of hydrogen-bond donors (Lipinski definition) is 0. The highest BCUT2D eigenvalue weighted by atomic mass is 15.2. The van der Waals surface area contributed by atoms with Crippen molar-refractivity contribution < 1.29 is 0 Å². The molecular weight excluding hydrogens is 258 g/mol. The fraction of sp³-hybridized carbons (Fsp3) is 0.333. The standard InChI is InChI=1S/C18H21N3/c1-5-8-21-12-18(3,4)16-7-6-14(9-17(16)21)15-10-19-13(2)20-11-15/h5-7,9-11H,1,8,12H2,2-4H3. The van der Waals surface area contributed by atoms with Crippen molar-refractivity contribution in [3.05, 3.63) is 54.6 Å². The lowest BCUT2D eigenvalue weighted by Gasteiger charge is -2.20. The Morgan fingerprint density at radius 3 is 2.62 bits per heavy atom. The number of benzene rings is 1. The Morgan fingerprint density at radius 2 is 1.95 bits per heavy atom. The summed E-state index contributed by atoms with van der Waals surface area (Å²) in [5.74, 6) is 0.800. The van der Waals surface area contributed by atoms with E-state index in [1.165, 1.54) is 16.8 Å². The van der Waals surface area contributed by atoms with E-state index < -0.39 is 0 Å². The third-order valence-corrected chi connectivity index (χ3v) is 4.12. The van der Waals surface area contributed by atoms with Gasteiger partial charge in [-0.1, -0.05) is 32.1 Å². The van der Waals surface area contributed by atoms with Gasteiger partial charge in [0.2, 0.25) is 0 Å². The van der Waals surface area contributed by atoms with Crippen molar-refractivity contribution in [2.45, 2.75) is 26.2 Å². The number of rotatable bonds is 3. The van der Waals surface area contributed by atoms with Crippen LogP contribution in [0.4, 0.5) is 5.69 Å². The molecule has 0 spiro atoms. The SMILES string of the molecule is C=CCN1CC(C)(C)c2ccc(-c3cnc(C)nc3)cc21. The van der Waals surface area contributed by atoms with Crippen LogP contribution < -0.4 is 4.90 Å². The van der Waals surface area contributed by atoms with Gasteiger partial charge in [0.1, 0.15) is 5.82 Å². The zero-order valence-electron chi connectivity index (χ0n) is 12.9. The van der Waals surface area contributed by atoms with Crippen molar-refractivity contribution in [2.75, 3.05) is 18.0 Å². The second-order valence-corrected chi connectivity index (χ2v) is 6.30. The second-order valence-electron chi connectivity index (χ2n) is 6.30. The lowest BCUT2D eigenvalue weighted by atomic mass is 9.86. The summed E-state index contributed by atoms with van der Waals surface area (Å²) < 4.78 is 0. The molecule has 0 aliphatic carbocycles. The predicted molar refractivity (Wildman–Crippen MR) is 87.6 cm³/mol. The molecule has 2 heterocycles. The van der Waals surface area contributed by atoms with Gasteiger partial charge in [-0.25, -0.2) is 9.97 Å². The van der Waals surface area contributed by atoms with E-state index in [1.54, 1.807) is 0 Å². The molecule has 0 atom stereocenters. The maximum atomic E-state index is 4.29. The van der Waals surface area contributed by atoms with Crippen molar-refractivity contribution in [2.24, 2.45) is 0 Å². The van der Waals surface area contributed by atoms with Crippen molar-refractivity contribution >= 4 is 5.69 Å². The summed E-state index contributed by atoms with van der Waals surface area (Å²) in [5.41, 5.74) is 5.12. The number of aromatic nitrogens is 2. The van der Waals surface area contributed by atoms with Crippen LogP contribution in [0.1, 0.15) is 25.2 Å². The quantitative estimate of drug-likeness (QED) is 0.802. The molecule has 0 unspecified atom stereocenters. The topological polar surface area (TPSA) is 29.0 Å². The van der Waals surface area contributed by atoms with Crippen molar-refractivity contribution in [1.29, 1.82) is 0 Å². The molecule has 3 rings (SSSR count). The monoisotopic (exact) mass is 279 g/mol. The molecule has 0 saturated heterocycles. The number of aryl methyl sites for hydroxylation is 1. The summed E-state index contributed by atoms with van der Waals surface area (Å²) in [6, 6.07) is 6.67. The van der Waals surface area contributed by atoms with Crippen LogP contribution >= 0.6 is 0 Å². The molecule has 0 radical (unpaired) electrons. The number of nitrogens with zero attached hydrogens (tertiary/aromatic N) is 3. The maximum Gasteiger partial charge on any atom is 0.125 e. The predicted octanol–water partition coefficient (Wildman–Crippen LogP) is 3.74. The minimum Gasteiger partial charge on any atom is -0.367 e. The average Bonchev–Trinajstić information content (AvgIpc) is 2.71. The molecule has 0 bridgehead atoms. The van der Waals surface area contributed by atoms with E-state index in [2.05, 4.69) is 53.5 Å². The summed E-state index contributed by atoms with van der Waals surface area (Å²) in [7, 11) is 0. The fourth-order valence-corrected chi connectivity index (χ4v) is 3.05. The maximum absolute atomic E-state index is 4.29. The van der Waals surface area contributed by atoms with Crippen LogP contribution in [-0.2, 0) is 5.41 Å². The van der Waals surface area contributed by atoms with Gasteiger partial charge >= 0.3 is 0 Å². The molecule has 21 heavy (non-hydrogen) atoms. The summed E-state index contributed by atoms with van der Waals surface area (Å²) in [5, 5.41) is 0. The van der Waals surface area contributed by atoms with Gasteiger partial charge in [-0.15, -0.1) is 6.58 Å². The van der Waals surface area contributed by atoms with Crippen molar-refractivity contribution in [1.82, 2.24) is 9.97 Å². The van der Waals surface area contributed by atoms with E-state index in [4.69, 9.17) is 0 Å². The Labute approximate surface area is 126 Å². The Kier molecular flexibility index (Phi) is 3.28. The van der Waals surface area contributed by atoms with E-state index in [-0.39, 0.29) is 5.41 Å². The first kappa shape index (κ1) is 13.8. The lowest BCUT2D eigenvalue weighted by molar-refractivity contribution is 0.558. The summed E-state index contributed by atoms with van der Waals surface area (Å²) in [6.07, 6.45) is 5.75. The first-order chi connectivity index (χ1) is 10.0. The normalized spacial score (nSPS) is 15.9.